The highest BCUT2D eigenvalue weighted by atomic mass is 16.1. The molecule has 1 aliphatic rings. The lowest BCUT2D eigenvalue weighted by atomic mass is 9.73. The van der Waals surface area contributed by atoms with Gasteiger partial charge in [-0.15, -0.1) is 0 Å². The average molecular weight is 228 g/mol. The Morgan fingerprint density at radius 3 is 2.12 bits per heavy atom. The molecule has 3 nitrogen and oxygen atoms in total. The van der Waals surface area contributed by atoms with Crippen LogP contribution in [0.15, 0.2) is 0 Å². The predicted octanol–water partition coefficient (Wildman–Crippen LogP) is 2.37. The van der Waals surface area contributed by atoms with Gasteiger partial charge in [-0.3, -0.25) is 4.79 Å². The fraction of sp³-hybridized carbons (Fsp3) is 0.923. The molecule has 0 aliphatic heterocycles. The zero-order chi connectivity index (χ0) is 12.6. The first-order chi connectivity index (χ1) is 7.64. The third-order valence-corrected chi connectivity index (χ3v) is 3.68. The summed E-state index contributed by atoms with van der Waals surface area (Å²) in [6.07, 6.45) is 5.97. The van der Waals surface area contributed by atoms with Gasteiger partial charge in [0, 0.05) is 19.1 Å². The molecule has 0 unspecified atom stereocenters. The van der Waals surface area contributed by atoms with Crippen molar-refractivity contribution in [2.75, 3.05) is 27.2 Å². The molecule has 1 saturated carbocycles. The van der Waals surface area contributed by atoms with E-state index in [0.717, 1.165) is 25.9 Å². The van der Waals surface area contributed by atoms with Gasteiger partial charge in [-0.1, -0.05) is 20.8 Å². The SMILES string of the molecule is CC.CCN(C)C1(CCN(C)C=O)CCC1. The summed E-state index contributed by atoms with van der Waals surface area (Å²) in [5.41, 5.74) is 0.395. The van der Waals surface area contributed by atoms with E-state index in [2.05, 4.69) is 18.9 Å². The summed E-state index contributed by atoms with van der Waals surface area (Å²) in [4.78, 5) is 14.7. The Kier molecular flexibility index (Phi) is 7.39. The van der Waals surface area contributed by atoms with E-state index in [-0.39, 0.29) is 0 Å². The largest absolute Gasteiger partial charge is 0.348 e. The van der Waals surface area contributed by atoms with Crippen molar-refractivity contribution in [3.8, 4) is 0 Å². The summed E-state index contributed by atoms with van der Waals surface area (Å²) in [6.45, 7) is 8.18. The van der Waals surface area contributed by atoms with Crippen LogP contribution in [-0.2, 0) is 4.79 Å². The fourth-order valence-electron chi connectivity index (χ4n) is 2.18. The number of amides is 1. The zero-order valence-electron chi connectivity index (χ0n) is 11.6. The van der Waals surface area contributed by atoms with E-state index in [1.165, 1.54) is 19.3 Å². The summed E-state index contributed by atoms with van der Waals surface area (Å²) in [7, 11) is 4.05. The molecular weight excluding hydrogens is 200 g/mol. The Morgan fingerprint density at radius 1 is 1.25 bits per heavy atom. The molecule has 0 bridgehead atoms. The molecule has 0 aromatic rings. The van der Waals surface area contributed by atoms with Crippen molar-refractivity contribution in [3.63, 3.8) is 0 Å². The number of carbonyl (C=O) groups excluding carboxylic acids is 1. The van der Waals surface area contributed by atoms with Crippen LogP contribution in [0.2, 0.25) is 0 Å². The van der Waals surface area contributed by atoms with Crippen LogP contribution in [0, 0.1) is 0 Å². The van der Waals surface area contributed by atoms with Crippen LogP contribution in [0.25, 0.3) is 0 Å². The molecule has 3 heteroatoms. The number of nitrogens with zero attached hydrogens (tertiary/aromatic N) is 2. The summed E-state index contributed by atoms with van der Waals surface area (Å²) >= 11 is 0. The normalized spacial score (nSPS) is 17.1. The number of hydrogen-bond donors (Lipinski definition) is 0. The van der Waals surface area contributed by atoms with Gasteiger partial charge in [0.1, 0.15) is 0 Å². The van der Waals surface area contributed by atoms with Crippen LogP contribution in [0.5, 0.6) is 0 Å². The Morgan fingerprint density at radius 2 is 1.81 bits per heavy atom. The number of carbonyl (C=O) groups is 1. The second-order valence-electron chi connectivity index (χ2n) is 4.43. The first-order valence-corrected chi connectivity index (χ1v) is 6.51. The lowest BCUT2D eigenvalue weighted by Gasteiger charge is -2.49. The van der Waals surface area contributed by atoms with Crippen LogP contribution in [-0.4, -0.2) is 48.9 Å². The van der Waals surface area contributed by atoms with E-state index in [4.69, 9.17) is 0 Å². The molecule has 0 heterocycles. The molecule has 1 rings (SSSR count). The van der Waals surface area contributed by atoms with Gasteiger partial charge >= 0.3 is 0 Å². The molecule has 16 heavy (non-hydrogen) atoms. The molecule has 0 aromatic heterocycles. The molecule has 0 aromatic carbocycles. The highest BCUT2D eigenvalue weighted by Gasteiger charge is 2.39. The standard InChI is InChI=1S/C11H22N2O.C2H6/c1-4-13(3)11(6-5-7-11)8-9-12(2)10-14;1-2/h10H,4-9H2,1-3H3;1-2H3. The third kappa shape index (κ3) is 3.78. The highest BCUT2D eigenvalue weighted by Crippen LogP contribution is 2.39. The van der Waals surface area contributed by atoms with Crippen LogP contribution < -0.4 is 0 Å². The van der Waals surface area contributed by atoms with Crippen molar-refractivity contribution in [3.05, 3.63) is 0 Å². The van der Waals surface area contributed by atoms with Crippen molar-refractivity contribution in [2.45, 2.75) is 52.0 Å². The topological polar surface area (TPSA) is 23.6 Å². The number of hydrogen-bond acceptors (Lipinski definition) is 2. The number of rotatable bonds is 6. The smallest absolute Gasteiger partial charge is 0.209 e. The zero-order valence-corrected chi connectivity index (χ0v) is 11.6. The van der Waals surface area contributed by atoms with Gasteiger partial charge in [-0.05, 0) is 39.3 Å². The second-order valence-corrected chi connectivity index (χ2v) is 4.43. The lowest BCUT2D eigenvalue weighted by Crippen LogP contribution is -2.53. The van der Waals surface area contributed by atoms with Crippen molar-refractivity contribution in [2.24, 2.45) is 0 Å². The predicted molar refractivity (Wildman–Crippen MR) is 69.5 cm³/mol. The van der Waals surface area contributed by atoms with E-state index < -0.39 is 0 Å². The minimum Gasteiger partial charge on any atom is -0.348 e. The van der Waals surface area contributed by atoms with Crippen LogP contribution in [0.4, 0.5) is 0 Å². The molecule has 0 radical (unpaired) electrons. The molecular formula is C13H28N2O. The molecule has 0 spiro atoms. The molecule has 1 fully saturated rings. The maximum atomic E-state index is 10.5. The van der Waals surface area contributed by atoms with Crippen molar-refractivity contribution in [1.29, 1.82) is 0 Å². The van der Waals surface area contributed by atoms with E-state index in [1.54, 1.807) is 4.90 Å². The van der Waals surface area contributed by atoms with Gasteiger partial charge in [0.2, 0.25) is 6.41 Å². The summed E-state index contributed by atoms with van der Waals surface area (Å²) in [5.74, 6) is 0. The fourth-order valence-corrected chi connectivity index (χ4v) is 2.18. The monoisotopic (exact) mass is 228 g/mol. The van der Waals surface area contributed by atoms with Crippen LogP contribution in [0.1, 0.15) is 46.5 Å². The maximum Gasteiger partial charge on any atom is 0.209 e. The van der Waals surface area contributed by atoms with Gasteiger partial charge < -0.3 is 9.80 Å². The quantitative estimate of drug-likeness (QED) is 0.652. The Balaban J connectivity index is 0.00000106. The Hall–Kier alpha value is -0.570. The van der Waals surface area contributed by atoms with Gasteiger partial charge in [0.15, 0.2) is 0 Å². The maximum absolute atomic E-state index is 10.5. The highest BCUT2D eigenvalue weighted by molar-refractivity contribution is 5.46. The minimum absolute atomic E-state index is 0.395. The second kappa shape index (κ2) is 7.66. The summed E-state index contributed by atoms with van der Waals surface area (Å²) in [6, 6.07) is 0. The van der Waals surface area contributed by atoms with Crippen LogP contribution in [0.3, 0.4) is 0 Å². The van der Waals surface area contributed by atoms with E-state index in [9.17, 15) is 4.79 Å². The van der Waals surface area contributed by atoms with Crippen molar-refractivity contribution < 1.29 is 4.79 Å². The summed E-state index contributed by atoms with van der Waals surface area (Å²) < 4.78 is 0. The van der Waals surface area contributed by atoms with E-state index in [0.29, 0.717) is 5.54 Å². The molecule has 96 valence electrons. The Labute approximate surface area is 101 Å². The lowest BCUT2D eigenvalue weighted by molar-refractivity contribution is -0.117. The molecule has 1 aliphatic carbocycles. The van der Waals surface area contributed by atoms with E-state index in [1.807, 2.05) is 20.9 Å². The van der Waals surface area contributed by atoms with Gasteiger partial charge in [0.25, 0.3) is 0 Å². The molecule has 0 atom stereocenters. The van der Waals surface area contributed by atoms with E-state index >= 15 is 0 Å². The van der Waals surface area contributed by atoms with Gasteiger partial charge in [-0.2, -0.15) is 0 Å². The average Bonchev–Trinajstić information content (AvgIpc) is 2.29. The first-order valence-electron chi connectivity index (χ1n) is 6.51. The molecule has 0 N–H and O–H groups in total. The van der Waals surface area contributed by atoms with Crippen molar-refractivity contribution >= 4 is 6.41 Å². The molecule has 0 saturated heterocycles. The Bertz CT molecular complexity index is 190. The van der Waals surface area contributed by atoms with Gasteiger partial charge in [-0.25, -0.2) is 0 Å². The van der Waals surface area contributed by atoms with Crippen LogP contribution >= 0.6 is 0 Å². The third-order valence-electron chi connectivity index (χ3n) is 3.68. The first kappa shape index (κ1) is 15.4. The minimum atomic E-state index is 0.395. The van der Waals surface area contributed by atoms with Gasteiger partial charge in [0.05, 0.1) is 0 Å². The molecule has 1 amide bonds. The van der Waals surface area contributed by atoms with Crippen molar-refractivity contribution in [1.82, 2.24) is 9.80 Å². The summed E-state index contributed by atoms with van der Waals surface area (Å²) in [5, 5.41) is 0.